The van der Waals surface area contributed by atoms with Crippen molar-refractivity contribution >= 4 is 17.4 Å². The molecular weight excluding hydrogens is 286 g/mol. The summed E-state index contributed by atoms with van der Waals surface area (Å²) < 4.78 is 16.7. The Morgan fingerprint density at radius 3 is 2.76 bits per heavy atom. The minimum Gasteiger partial charge on any atom is -0.493 e. The van der Waals surface area contributed by atoms with Gasteiger partial charge in [-0.2, -0.15) is 0 Å². The minimum atomic E-state index is 0.611. The van der Waals surface area contributed by atoms with Crippen molar-refractivity contribution in [1.82, 2.24) is 0 Å². The van der Waals surface area contributed by atoms with E-state index in [0.29, 0.717) is 25.5 Å². The van der Waals surface area contributed by atoms with Gasteiger partial charge >= 0.3 is 0 Å². The van der Waals surface area contributed by atoms with E-state index in [9.17, 15) is 0 Å². The monoisotopic (exact) mass is 303 g/mol. The van der Waals surface area contributed by atoms with E-state index in [1.165, 1.54) is 0 Å². The van der Waals surface area contributed by atoms with Crippen LogP contribution in [0.3, 0.4) is 0 Å². The Morgan fingerprint density at radius 2 is 1.90 bits per heavy atom. The molecule has 0 aromatic heterocycles. The van der Waals surface area contributed by atoms with Crippen molar-refractivity contribution in [2.24, 2.45) is 0 Å². The Hall–Kier alpha value is -2.01. The van der Waals surface area contributed by atoms with Gasteiger partial charge in [-0.25, -0.2) is 0 Å². The third-order valence-corrected chi connectivity index (χ3v) is 3.95. The van der Waals surface area contributed by atoms with E-state index in [2.05, 4.69) is 0 Å². The SMILES string of the molecule is Nc1cccc(OCCSc2ccc3c(c2)OCCO3)c1. The van der Waals surface area contributed by atoms with Crippen LogP contribution in [0.5, 0.6) is 17.2 Å². The normalized spacial score (nSPS) is 13.0. The second-order valence-electron chi connectivity index (χ2n) is 4.57. The van der Waals surface area contributed by atoms with Crippen LogP contribution in [0.1, 0.15) is 0 Å². The zero-order valence-corrected chi connectivity index (χ0v) is 12.4. The molecule has 1 aliphatic heterocycles. The van der Waals surface area contributed by atoms with Crippen LogP contribution in [0, 0.1) is 0 Å². The summed E-state index contributed by atoms with van der Waals surface area (Å²) in [6, 6.07) is 13.5. The Labute approximate surface area is 128 Å². The molecule has 5 heteroatoms. The first-order valence-electron chi connectivity index (χ1n) is 6.82. The van der Waals surface area contributed by atoms with Crippen LogP contribution in [-0.2, 0) is 0 Å². The lowest BCUT2D eigenvalue weighted by Gasteiger charge is -2.18. The molecule has 0 aliphatic carbocycles. The van der Waals surface area contributed by atoms with Gasteiger partial charge in [-0.15, -0.1) is 11.8 Å². The third-order valence-electron chi connectivity index (χ3n) is 2.99. The second kappa shape index (κ2) is 6.63. The molecular formula is C16H17NO3S. The van der Waals surface area contributed by atoms with Crippen LogP contribution in [0.25, 0.3) is 0 Å². The van der Waals surface area contributed by atoms with Crippen molar-refractivity contribution in [3.63, 3.8) is 0 Å². The first-order chi connectivity index (χ1) is 10.3. The van der Waals surface area contributed by atoms with Gasteiger partial charge in [-0.1, -0.05) is 6.07 Å². The summed E-state index contributed by atoms with van der Waals surface area (Å²) in [6.07, 6.45) is 0. The average molecular weight is 303 g/mol. The molecule has 0 spiro atoms. The summed E-state index contributed by atoms with van der Waals surface area (Å²) in [5.74, 6) is 3.30. The molecule has 110 valence electrons. The molecule has 1 aliphatic rings. The number of nitrogen functional groups attached to an aromatic ring is 1. The van der Waals surface area contributed by atoms with Gasteiger partial charge < -0.3 is 19.9 Å². The van der Waals surface area contributed by atoms with Crippen molar-refractivity contribution in [2.75, 3.05) is 31.3 Å². The largest absolute Gasteiger partial charge is 0.493 e. The molecule has 0 saturated carbocycles. The standard InChI is InChI=1S/C16H17NO3S/c17-12-2-1-3-13(10-12)18-8-9-21-14-4-5-15-16(11-14)20-7-6-19-15/h1-5,10-11H,6-9,17H2. The topological polar surface area (TPSA) is 53.7 Å². The minimum absolute atomic E-state index is 0.611. The van der Waals surface area contributed by atoms with E-state index in [1.807, 2.05) is 42.5 Å². The van der Waals surface area contributed by atoms with Gasteiger partial charge in [0.2, 0.25) is 0 Å². The van der Waals surface area contributed by atoms with Gasteiger partial charge in [0.05, 0.1) is 6.61 Å². The van der Waals surface area contributed by atoms with Crippen LogP contribution >= 0.6 is 11.8 Å². The lowest BCUT2D eigenvalue weighted by atomic mass is 10.3. The fraction of sp³-hybridized carbons (Fsp3) is 0.250. The lowest BCUT2D eigenvalue weighted by molar-refractivity contribution is 0.171. The molecule has 2 aromatic rings. The van der Waals surface area contributed by atoms with Crippen LogP contribution < -0.4 is 19.9 Å². The maximum absolute atomic E-state index is 5.71. The molecule has 0 atom stereocenters. The van der Waals surface area contributed by atoms with Crippen LogP contribution in [0.4, 0.5) is 5.69 Å². The number of anilines is 1. The highest BCUT2D eigenvalue weighted by molar-refractivity contribution is 7.99. The molecule has 0 unspecified atom stereocenters. The van der Waals surface area contributed by atoms with E-state index in [1.54, 1.807) is 11.8 Å². The van der Waals surface area contributed by atoms with Gasteiger partial charge in [0.15, 0.2) is 11.5 Å². The zero-order valence-electron chi connectivity index (χ0n) is 11.6. The maximum atomic E-state index is 5.71. The van der Waals surface area contributed by atoms with Gasteiger partial charge in [0.1, 0.15) is 19.0 Å². The molecule has 2 N–H and O–H groups in total. The average Bonchev–Trinajstić information content (AvgIpc) is 2.51. The van der Waals surface area contributed by atoms with Gasteiger partial charge in [0.25, 0.3) is 0 Å². The molecule has 0 saturated heterocycles. The lowest BCUT2D eigenvalue weighted by Crippen LogP contribution is -2.15. The fourth-order valence-corrected chi connectivity index (χ4v) is 2.79. The highest BCUT2D eigenvalue weighted by Gasteiger charge is 2.11. The Balaban J connectivity index is 1.49. The highest BCUT2D eigenvalue weighted by atomic mass is 32.2. The van der Waals surface area contributed by atoms with Crippen molar-refractivity contribution in [3.8, 4) is 17.2 Å². The molecule has 0 bridgehead atoms. The second-order valence-corrected chi connectivity index (χ2v) is 5.74. The van der Waals surface area contributed by atoms with Crippen LogP contribution in [0.15, 0.2) is 47.4 Å². The number of hydrogen-bond acceptors (Lipinski definition) is 5. The first-order valence-corrected chi connectivity index (χ1v) is 7.80. The van der Waals surface area contributed by atoms with Crippen molar-refractivity contribution in [2.45, 2.75) is 4.90 Å². The van der Waals surface area contributed by atoms with Crippen molar-refractivity contribution in [3.05, 3.63) is 42.5 Å². The summed E-state index contributed by atoms with van der Waals surface area (Å²) in [6.45, 7) is 1.86. The molecule has 4 nitrogen and oxygen atoms in total. The number of fused-ring (bicyclic) bond motifs is 1. The van der Waals surface area contributed by atoms with Gasteiger partial charge in [0, 0.05) is 22.4 Å². The van der Waals surface area contributed by atoms with Crippen molar-refractivity contribution in [1.29, 1.82) is 0 Å². The van der Waals surface area contributed by atoms with E-state index in [0.717, 1.165) is 27.9 Å². The Kier molecular flexibility index (Phi) is 4.40. The maximum Gasteiger partial charge on any atom is 0.162 e. The summed E-state index contributed by atoms with van der Waals surface area (Å²) in [4.78, 5) is 1.15. The summed E-state index contributed by atoms with van der Waals surface area (Å²) in [5, 5.41) is 0. The summed E-state index contributed by atoms with van der Waals surface area (Å²) in [7, 11) is 0. The predicted molar refractivity (Wildman–Crippen MR) is 84.5 cm³/mol. The number of ether oxygens (including phenoxy) is 3. The summed E-state index contributed by atoms with van der Waals surface area (Å²) in [5.41, 5.74) is 6.42. The Morgan fingerprint density at radius 1 is 1.05 bits per heavy atom. The number of thioether (sulfide) groups is 1. The molecule has 2 aromatic carbocycles. The molecule has 0 fully saturated rings. The van der Waals surface area contributed by atoms with Gasteiger partial charge in [-0.3, -0.25) is 0 Å². The highest BCUT2D eigenvalue weighted by Crippen LogP contribution is 2.34. The summed E-state index contributed by atoms with van der Waals surface area (Å²) >= 11 is 1.72. The zero-order chi connectivity index (χ0) is 14.5. The molecule has 0 radical (unpaired) electrons. The molecule has 3 rings (SSSR count). The van der Waals surface area contributed by atoms with Crippen LogP contribution in [-0.4, -0.2) is 25.6 Å². The molecule has 0 amide bonds. The molecule has 1 heterocycles. The number of rotatable bonds is 5. The van der Waals surface area contributed by atoms with E-state index >= 15 is 0 Å². The smallest absolute Gasteiger partial charge is 0.162 e. The fourth-order valence-electron chi connectivity index (χ4n) is 2.04. The van der Waals surface area contributed by atoms with E-state index in [4.69, 9.17) is 19.9 Å². The van der Waals surface area contributed by atoms with E-state index in [-0.39, 0.29) is 0 Å². The van der Waals surface area contributed by atoms with E-state index < -0.39 is 0 Å². The number of hydrogen-bond donors (Lipinski definition) is 1. The Bertz CT molecular complexity index is 618. The molecule has 21 heavy (non-hydrogen) atoms. The van der Waals surface area contributed by atoms with Gasteiger partial charge in [-0.05, 0) is 30.3 Å². The van der Waals surface area contributed by atoms with Crippen LogP contribution in [0.2, 0.25) is 0 Å². The number of nitrogens with two attached hydrogens (primary N) is 1. The van der Waals surface area contributed by atoms with Crippen molar-refractivity contribution < 1.29 is 14.2 Å². The quantitative estimate of drug-likeness (QED) is 0.522. The first kappa shape index (κ1) is 13.9. The predicted octanol–water partition coefficient (Wildman–Crippen LogP) is 3.21. The number of benzene rings is 2. The third kappa shape index (κ3) is 3.76.